The van der Waals surface area contributed by atoms with E-state index in [1.54, 1.807) is 0 Å². The fourth-order valence-corrected chi connectivity index (χ4v) is 2.54. The molecule has 0 atom stereocenters. The Labute approximate surface area is 117 Å². The molecule has 8 heteroatoms. The number of aromatic nitrogens is 1. The van der Waals surface area contributed by atoms with Crippen LogP contribution in [0.5, 0.6) is 0 Å². The highest BCUT2D eigenvalue weighted by atomic mass is 35.5. The van der Waals surface area contributed by atoms with Crippen LogP contribution in [0.15, 0.2) is 22.0 Å². The molecule has 0 unspecified atom stereocenters. The summed E-state index contributed by atoms with van der Waals surface area (Å²) in [6.45, 7) is 4.92. The molecule has 0 aliphatic carbocycles. The van der Waals surface area contributed by atoms with Gasteiger partial charge in [-0.1, -0.05) is 11.6 Å². The van der Waals surface area contributed by atoms with Crippen molar-refractivity contribution < 1.29 is 8.42 Å². The topological polar surface area (TPSA) is 82.3 Å². The van der Waals surface area contributed by atoms with Crippen LogP contribution in [0, 0.1) is 0 Å². The lowest BCUT2D eigenvalue weighted by Gasteiger charge is -2.20. The predicted octanol–water partition coefficient (Wildman–Crippen LogP) is 0.647. The van der Waals surface area contributed by atoms with Crippen LogP contribution >= 0.6 is 11.6 Å². The number of rotatable bonds is 6. The molecule has 1 heterocycles. The SMILES string of the molecule is CC(C)N(C)CCNS(=O)(=O)c1c[nH]c(=O)c(Cl)c1. The molecule has 0 aromatic carbocycles. The highest BCUT2D eigenvalue weighted by Gasteiger charge is 2.15. The Kier molecular flexibility index (Phi) is 5.54. The van der Waals surface area contributed by atoms with Gasteiger partial charge in [0.05, 0.1) is 4.90 Å². The molecule has 0 amide bonds. The third kappa shape index (κ3) is 4.61. The normalized spacial score (nSPS) is 12.3. The van der Waals surface area contributed by atoms with E-state index in [4.69, 9.17) is 11.6 Å². The molecule has 0 fully saturated rings. The average molecular weight is 308 g/mol. The van der Waals surface area contributed by atoms with Gasteiger partial charge in [-0.3, -0.25) is 4.79 Å². The highest BCUT2D eigenvalue weighted by molar-refractivity contribution is 7.89. The van der Waals surface area contributed by atoms with Crippen LogP contribution in [0.4, 0.5) is 0 Å². The van der Waals surface area contributed by atoms with E-state index in [1.165, 1.54) is 0 Å². The smallest absolute Gasteiger partial charge is 0.266 e. The van der Waals surface area contributed by atoms with Crippen LogP contribution in [-0.4, -0.2) is 44.5 Å². The Bertz CT molecular complexity index is 583. The summed E-state index contributed by atoms with van der Waals surface area (Å²) >= 11 is 5.60. The Morgan fingerprint density at radius 1 is 1.47 bits per heavy atom. The molecule has 0 aliphatic heterocycles. The van der Waals surface area contributed by atoms with Gasteiger partial charge in [0.25, 0.3) is 5.56 Å². The van der Waals surface area contributed by atoms with Crippen LogP contribution in [0.25, 0.3) is 0 Å². The maximum atomic E-state index is 11.9. The minimum absolute atomic E-state index is 0.0516. The Hall–Kier alpha value is -0.890. The second kappa shape index (κ2) is 6.51. The second-order valence-electron chi connectivity index (χ2n) is 4.48. The van der Waals surface area contributed by atoms with Crippen LogP contribution in [0.2, 0.25) is 5.02 Å². The number of H-pyrrole nitrogens is 1. The number of hydrogen-bond donors (Lipinski definition) is 2. The standard InChI is InChI=1S/C11H18ClN3O3S/c1-8(2)15(3)5-4-14-19(17,18)9-6-10(12)11(16)13-7-9/h6-8,14H,4-5H2,1-3H3,(H,13,16). The number of halogens is 1. The summed E-state index contributed by atoms with van der Waals surface area (Å²) in [5, 5.41) is -0.151. The van der Waals surface area contributed by atoms with E-state index >= 15 is 0 Å². The van der Waals surface area contributed by atoms with Crippen LogP contribution in [-0.2, 0) is 10.0 Å². The van der Waals surface area contributed by atoms with Crippen molar-refractivity contribution in [2.45, 2.75) is 24.8 Å². The maximum Gasteiger partial charge on any atom is 0.266 e. The van der Waals surface area contributed by atoms with E-state index in [2.05, 4.69) is 9.71 Å². The van der Waals surface area contributed by atoms with E-state index in [9.17, 15) is 13.2 Å². The third-order valence-corrected chi connectivity index (χ3v) is 4.50. The monoisotopic (exact) mass is 307 g/mol. The highest BCUT2D eigenvalue weighted by Crippen LogP contribution is 2.09. The summed E-state index contributed by atoms with van der Waals surface area (Å²) in [6.07, 6.45) is 1.13. The molecule has 6 nitrogen and oxygen atoms in total. The molecular weight excluding hydrogens is 290 g/mol. The van der Waals surface area contributed by atoms with Gasteiger partial charge in [-0.2, -0.15) is 0 Å². The lowest BCUT2D eigenvalue weighted by atomic mass is 10.3. The van der Waals surface area contributed by atoms with Gasteiger partial charge in [0, 0.05) is 25.3 Å². The lowest BCUT2D eigenvalue weighted by molar-refractivity contribution is 0.278. The average Bonchev–Trinajstić information content (AvgIpc) is 2.32. The predicted molar refractivity (Wildman–Crippen MR) is 75.0 cm³/mol. The van der Waals surface area contributed by atoms with Gasteiger partial charge in [-0.15, -0.1) is 0 Å². The van der Waals surface area contributed by atoms with Crippen molar-refractivity contribution >= 4 is 21.6 Å². The van der Waals surface area contributed by atoms with E-state index in [1.807, 2.05) is 25.8 Å². The zero-order valence-electron chi connectivity index (χ0n) is 11.1. The number of pyridine rings is 1. The molecule has 0 radical (unpaired) electrons. The molecule has 0 saturated heterocycles. The number of nitrogens with zero attached hydrogens (tertiary/aromatic N) is 1. The second-order valence-corrected chi connectivity index (χ2v) is 6.66. The first-order valence-corrected chi connectivity index (χ1v) is 7.68. The Morgan fingerprint density at radius 2 is 2.11 bits per heavy atom. The molecule has 0 aliphatic rings. The number of sulfonamides is 1. The molecule has 1 rings (SSSR count). The van der Waals surface area contributed by atoms with Crippen LogP contribution in [0.1, 0.15) is 13.8 Å². The summed E-state index contributed by atoms with van der Waals surface area (Å²) < 4.78 is 26.3. The molecule has 108 valence electrons. The van der Waals surface area contributed by atoms with Crippen molar-refractivity contribution in [3.05, 3.63) is 27.6 Å². The van der Waals surface area contributed by atoms with Crippen molar-refractivity contribution in [3.8, 4) is 0 Å². The minimum atomic E-state index is -3.65. The van der Waals surface area contributed by atoms with Crippen molar-refractivity contribution in [1.82, 2.24) is 14.6 Å². The number of hydrogen-bond acceptors (Lipinski definition) is 4. The summed E-state index contributed by atoms with van der Waals surface area (Å²) in [5.41, 5.74) is -0.514. The first-order valence-electron chi connectivity index (χ1n) is 5.82. The molecule has 0 spiro atoms. The molecule has 0 saturated carbocycles. The van der Waals surface area contributed by atoms with E-state index in [0.29, 0.717) is 12.6 Å². The molecule has 1 aromatic heterocycles. The van der Waals surface area contributed by atoms with Crippen molar-refractivity contribution in [1.29, 1.82) is 0 Å². The number of likely N-dealkylation sites (N-methyl/N-ethyl adjacent to an activating group) is 1. The van der Waals surface area contributed by atoms with Gasteiger partial charge >= 0.3 is 0 Å². The first kappa shape index (κ1) is 16.2. The van der Waals surface area contributed by atoms with Crippen molar-refractivity contribution in [3.63, 3.8) is 0 Å². The Balaban J connectivity index is 2.71. The third-order valence-electron chi connectivity index (χ3n) is 2.78. The summed E-state index contributed by atoms with van der Waals surface area (Å²) in [7, 11) is -1.74. The van der Waals surface area contributed by atoms with Crippen LogP contribution < -0.4 is 10.3 Å². The first-order chi connectivity index (χ1) is 8.74. The lowest BCUT2D eigenvalue weighted by Crippen LogP contribution is -2.36. The molecule has 1 aromatic rings. The molecular formula is C11H18ClN3O3S. The van der Waals surface area contributed by atoms with Gasteiger partial charge in [-0.05, 0) is 27.0 Å². The van der Waals surface area contributed by atoms with E-state index in [-0.39, 0.29) is 16.5 Å². The van der Waals surface area contributed by atoms with Crippen molar-refractivity contribution in [2.24, 2.45) is 0 Å². The minimum Gasteiger partial charge on any atom is -0.326 e. The Morgan fingerprint density at radius 3 is 2.63 bits per heavy atom. The zero-order valence-corrected chi connectivity index (χ0v) is 12.7. The number of nitrogens with one attached hydrogen (secondary N) is 2. The molecule has 0 bridgehead atoms. The molecule has 2 N–H and O–H groups in total. The van der Waals surface area contributed by atoms with E-state index < -0.39 is 15.6 Å². The molecule has 19 heavy (non-hydrogen) atoms. The summed E-state index contributed by atoms with van der Waals surface area (Å²) in [4.78, 5) is 15.3. The maximum absolute atomic E-state index is 11.9. The van der Waals surface area contributed by atoms with Crippen molar-refractivity contribution in [2.75, 3.05) is 20.1 Å². The van der Waals surface area contributed by atoms with Gasteiger partial charge < -0.3 is 9.88 Å². The van der Waals surface area contributed by atoms with Gasteiger partial charge in [0.1, 0.15) is 5.02 Å². The largest absolute Gasteiger partial charge is 0.326 e. The number of aromatic amines is 1. The summed E-state index contributed by atoms with van der Waals surface area (Å²) in [6, 6.07) is 1.47. The fraction of sp³-hybridized carbons (Fsp3) is 0.545. The summed E-state index contributed by atoms with van der Waals surface area (Å²) in [5.74, 6) is 0. The fourth-order valence-electron chi connectivity index (χ4n) is 1.29. The van der Waals surface area contributed by atoms with Crippen LogP contribution in [0.3, 0.4) is 0 Å². The van der Waals surface area contributed by atoms with Gasteiger partial charge in [0.15, 0.2) is 0 Å². The van der Waals surface area contributed by atoms with Gasteiger partial charge in [0.2, 0.25) is 10.0 Å². The quantitative estimate of drug-likeness (QED) is 0.808. The van der Waals surface area contributed by atoms with E-state index in [0.717, 1.165) is 12.3 Å². The zero-order chi connectivity index (χ0) is 14.6. The van der Waals surface area contributed by atoms with Gasteiger partial charge in [-0.25, -0.2) is 13.1 Å².